The third kappa shape index (κ3) is 4.85. The monoisotopic (exact) mass is 426 g/mol. The molecule has 1 saturated heterocycles. The summed E-state index contributed by atoms with van der Waals surface area (Å²) in [7, 11) is 0. The van der Waals surface area contributed by atoms with Crippen LogP contribution in [0.4, 0.5) is 0 Å². The fourth-order valence-electron chi connectivity index (χ4n) is 3.89. The van der Waals surface area contributed by atoms with E-state index >= 15 is 0 Å². The summed E-state index contributed by atoms with van der Waals surface area (Å²) < 4.78 is 0. The number of carbonyl (C=O) groups excluding carboxylic acids is 2. The molecular formula is C23H23ClN2O2S. The van der Waals surface area contributed by atoms with Gasteiger partial charge >= 0.3 is 0 Å². The number of benzene rings is 2. The zero-order chi connectivity index (χ0) is 20.2. The van der Waals surface area contributed by atoms with E-state index in [9.17, 15) is 9.59 Å². The molecular weight excluding hydrogens is 404 g/mol. The Balaban J connectivity index is 1.36. The van der Waals surface area contributed by atoms with Gasteiger partial charge in [-0.3, -0.25) is 9.59 Å². The van der Waals surface area contributed by atoms with Crippen LogP contribution in [0.3, 0.4) is 0 Å². The molecule has 3 atom stereocenters. The van der Waals surface area contributed by atoms with Crippen LogP contribution in [0.15, 0.2) is 59.5 Å². The van der Waals surface area contributed by atoms with Crippen molar-refractivity contribution in [2.45, 2.75) is 37.1 Å². The average Bonchev–Trinajstić information content (AvgIpc) is 2.74. The summed E-state index contributed by atoms with van der Waals surface area (Å²) in [5.41, 5.74) is 1.93. The second-order valence-corrected chi connectivity index (χ2v) is 9.17. The topological polar surface area (TPSA) is 58.2 Å². The first-order valence-electron chi connectivity index (χ1n) is 9.85. The van der Waals surface area contributed by atoms with Gasteiger partial charge in [0.05, 0.1) is 4.91 Å². The lowest BCUT2D eigenvalue weighted by atomic mass is 9.84. The van der Waals surface area contributed by atoms with Crippen molar-refractivity contribution in [2.24, 2.45) is 5.92 Å². The lowest BCUT2D eigenvalue weighted by Gasteiger charge is -2.39. The first kappa shape index (κ1) is 20.0. The molecule has 2 amide bonds. The molecule has 3 unspecified atom stereocenters. The Labute approximate surface area is 180 Å². The van der Waals surface area contributed by atoms with Gasteiger partial charge in [0.15, 0.2) is 0 Å². The number of hydrogen-bond acceptors (Lipinski definition) is 3. The molecule has 29 heavy (non-hydrogen) atoms. The molecule has 0 radical (unpaired) electrons. The van der Waals surface area contributed by atoms with E-state index in [2.05, 4.69) is 10.6 Å². The summed E-state index contributed by atoms with van der Waals surface area (Å²) >= 11 is 7.84. The first-order valence-corrected chi connectivity index (χ1v) is 11.1. The van der Waals surface area contributed by atoms with Crippen LogP contribution in [0, 0.1) is 5.92 Å². The van der Waals surface area contributed by atoms with E-state index < -0.39 is 0 Å². The van der Waals surface area contributed by atoms with Crippen LogP contribution in [0.25, 0.3) is 6.08 Å². The molecule has 4 nitrogen and oxygen atoms in total. The molecule has 2 fully saturated rings. The molecule has 1 aliphatic carbocycles. The van der Waals surface area contributed by atoms with Gasteiger partial charge in [0, 0.05) is 28.8 Å². The third-order valence-corrected chi connectivity index (χ3v) is 7.25. The van der Waals surface area contributed by atoms with Crippen LogP contribution in [0.5, 0.6) is 0 Å². The Hall–Kier alpha value is -2.24. The van der Waals surface area contributed by atoms with Crippen LogP contribution < -0.4 is 10.6 Å². The number of hydrogen-bond donors (Lipinski definition) is 2. The zero-order valence-corrected chi connectivity index (χ0v) is 17.5. The predicted octanol–water partition coefficient (Wildman–Crippen LogP) is 4.40. The standard InChI is InChI=1S/C23H23ClN2O2S/c24-18-9-5-4-8-16(18)13-21-23(28)26-19-12-17(10-11-20(19)29-21)22(27)25-14-15-6-2-1-3-7-15/h1-9,13,17,19-20H,10-12,14H2,(H,25,27)(H,26,28)/b21-13+. The summed E-state index contributed by atoms with van der Waals surface area (Å²) in [4.78, 5) is 25.9. The molecule has 2 aromatic rings. The fraction of sp³-hybridized carbons (Fsp3) is 0.304. The van der Waals surface area contributed by atoms with Crippen LogP contribution in [0.1, 0.15) is 30.4 Å². The number of rotatable bonds is 4. The number of carbonyl (C=O) groups is 2. The molecule has 1 aliphatic heterocycles. The minimum absolute atomic E-state index is 0.0251. The largest absolute Gasteiger partial charge is 0.352 e. The minimum atomic E-state index is -0.0819. The lowest BCUT2D eigenvalue weighted by Crippen LogP contribution is -2.51. The van der Waals surface area contributed by atoms with Crippen molar-refractivity contribution in [1.82, 2.24) is 10.6 Å². The van der Waals surface area contributed by atoms with Gasteiger partial charge in [-0.15, -0.1) is 11.8 Å². The Kier molecular flexibility index (Phi) is 6.26. The van der Waals surface area contributed by atoms with Crippen molar-refractivity contribution in [3.63, 3.8) is 0 Å². The maximum atomic E-state index is 12.6. The number of halogens is 1. The molecule has 1 saturated carbocycles. The molecule has 2 aliphatic rings. The number of amides is 2. The highest BCUT2D eigenvalue weighted by molar-refractivity contribution is 8.04. The Morgan fingerprint density at radius 1 is 1.14 bits per heavy atom. The summed E-state index contributed by atoms with van der Waals surface area (Å²) in [6.07, 6.45) is 4.28. The number of nitrogens with one attached hydrogen (secondary N) is 2. The molecule has 2 aromatic carbocycles. The SMILES string of the molecule is O=C1NC2CC(C(=O)NCc3ccccc3)CCC2S/C1=C/c1ccccc1Cl. The van der Waals surface area contributed by atoms with Gasteiger partial charge in [0.1, 0.15) is 0 Å². The van der Waals surface area contributed by atoms with E-state index in [4.69, 9.17) is 11.6 Å². The molecule has 4 rings (SSSR count). The quantitative estimate of drug-likeness (QED) is 0.712. The maximum Gasteiger partial charge on any atom is 0.257 e. The predicted molar refractivity (Wildman–Crippen MR) is 118 cm³/mol. The van der Waals surface area contributed by atoms with E-state index in [0.717, 1.165) is 24.0 Å². The van der Waals surface area contributed by atoms with Gasteiger partial charge in [0.2, 0.25) is 5.91 Å². The molecule has 0 spiro atoms. The van der Waals surface area contributed by atoms with Gasteiger partial charge in [0.25, 0.3) is 5.91 Å². The Bertz CT molecular complexity index is 931. The summed E-state index contributed by atoms with van der Waals surface area (Å²) in [5.74, 6) is -0.0690. The Morgan fingerprint density at radius 2 is 1.90 bits per heavy atom. The van der Waals surface area contributed by atoms with E-state index in [1.165, 1.54) is 0 Å². The van der Waals surface area contributed by atoms with Gasteiger partial charge in [-0.1, -0.05) is 60.1 Å². The van der Waals surface area contributed by atoms with Crippen molar-refractivity contribution in [3.8, 4) is 0 Å². The first-order chi connectivity index (χ1) is 14.1. The van der Waals surface area contributed by atoms with Crippen LogP contribution in [-0.4, -0.2) is 23.1 Å². The van der Waals surface area contributed by atoms with Gasteiger partial charge < -0.3 is 10.6 Å². The second kappa shape index (κ2) is 9.06. The summed E-state index contributed by atoms with van der Waals surface area (Å²) in [5, 5.41) is 7.08. The van der Waals surface area contributed by atoms with E-state index in [1.54, 1.807) is 11.8 Å². The van der Waals surface area contributed by atoms with Crippen LogP contribution in [0.2, 0.25) is 5.02 Å². The number of fused-ring (bicyclic) bond motifs is 1. The number of thioether (sulfide) groups is 1. The molecule has 6 heteroatoms. The smallest absolute Gasteiger partial charge is 0.257 e. The van der Waals surface area contributed by atoms with E-state index in [1.807, 2.05) is 60.7 Å². The molecule has 0 bridgehead atoms. The third-order valence-electron chi connectivity index (χ3n) is 5.48. The van der Waals surface area contributed by atoms with Crippen molar-refractivity contribution in [1.29, 1.82) is 0 Å². The molecule has 0 aromatic heterocycles. The summed E-state index contributed by atoms with van der Waals surface area (Å²) in [6, 6.07) is 17.4. The summed E-state index contributed by atoms with van der Waals surface area (Å²) in [6.45, 7) is 0.538. The fourth-order valence-corrected chi connectivity index (χ4v) is 5.37. The van der Waals surface area contributed by atoms with Gasteiger partial charge in [-0.05, 0) is 42.5 Å². The normalized spacial score (nSPS) is 25.2. The van der Waals surface area contributed by atoms with Gasteiger partial charge in [-0.25, -0.2) is 0 Å². The van der Waals surface area contributed by atoms with E-state index in [-0.39, 0.29) is 23.8 Å². The highest BCUT2D eigenvalue weighted by Gasteiger charge is 2.39. The highest BCUT2D eigenvalue weighted by atomic mass is 35.5. The molecule has 1 heterocycles. The van der Waals surface area contributed by atoms with Crippen molar-refractivity contribution in [2.75, 3.05) is 0 Å². The van der Waals surface area contributed by atoms with E-state index in [0.29, 0.717) is 28.1 Å². The second-order valence-electron chi connectivity index (χ2n) is 7.48. The van der Waals surface area contributed by atoms with Crippen molar-refractivity contribution in [3.05, 3.63) is 75.7 Å². The highest BCUT2D eigenvalue weighted by Crippen LogP contribution is 2.40. The molecule has 2 N–H and O–H groups in total. The van der Waals surface area contributed by atoms with Crippen LogP contribution >= 0.6 is 23.4 Å². The van der Waals surface area contributed by atoms with Crippen LogP contribution in [-0.2, 0) is 16.1 Å². The molecule has 150 valence electrons. The average molecular weight is 427 g/mol. The van der Waals surface area contributed by atoms with Gasteiger partial charge in [-0.2, -0.15) is 0 Å². The Morgan fingerprint density at radius 3 is 2.69 bits per heavy atom. The minimum Gasteiger partial charge on any atom is -0.352 e. The zero-order valence-electron chi connectivity index (χ0n) is 15.9. The van der Waals surface area contributed by atoms with Crippen molar-refractivity contribution >= 4 is 41.3 Å². The lowest BCUT2D eigenvalue weighted by molar-refractivity contribution is -0.127. The maximum absolute atomic E-state index is 12.6. The van der Waals surface area contributed by atoms with Crippen molar-refractivity contribution < 1.29 is 9.59 Å².